The van der Waals surface area contributed by atoms with Crippen LogP contribution >= 0.6 is 0 Å². The van der Waals surface area contributed by atoms with E-state index >= 15 is 0 Å². The number of nitrogens with zero attached hydrogens (tertiary/aromatic N) is 2. The monoisotopic (exact) mass is 264 g/mol. The van der Waals surface area contributed by atoms with Crippen molar-refractivity contribution in [2.45, 2.75) is 32.1 Å². The number of aliphatic hydroxyl groups excluding tert-OH is 2. The molecule has 0 bridgehead atoms. The van der Waals surface area contributed by atoms with Crippen molar-refractivity contribution >= 4 is 5.69 Å². The van der Waals surface area contributed by atoms with E-state index in [1.165, 1.54) is 0 Å². The van der Waals surface area contributed by atoms with Crippen LogP contribution in [0.3, 0.4) is 0 Å². The molecule has 0 spiro atoms. The highest BCUT2D eigenvalue weighted by Gasteiger charge is 2.32. The first-order chi connectivity index (χ1) is 9.01. The van der Waals surface area contributed by atoms with E-state index in [0.29, 0.717) is 12.6 Å². The molecule has 19 heavy (non-hydrogen) atoms. The maximum absolute atomic E-state index is 9.94. The number of hydrogen-bond donors (Lipinski definition) is 2. The molecule has 2 N–H and O–H groups in total. The molecule has 1 saturated heterocycles. The van der Waals surface area contributed by atoms with Crippen LogP contribution in [-0.4, -0.2) is 54.4 Å². The summed E-state index contributed by atoms with van der Waals surface area (Å²) in [5.74, 6) is 0. The van der Waals surface area contributed by atoms with Crippen LogP contribution in [0.1, 0.15) is 17.5 Å². The quantitative estimate of drug-likeness (QED) is 0.851. The fourth-order valence-electron chi connectivity index (χ4n) is 2.90. The SMILES string of the molecule is Cc1ccc(N2CC(O)CC2CN(C)C)c(CO)c1. The third kappa shape index (κ3) is 3.26. The zero-order valence-electron chi connectivity index (χ0n) is 12.0. The second-order valence-corrected chi connectivity index (χ2v) is 5.75. The number of hydrogen-bond acceptors (Lipinski definition) is 4. The fraction of sp³-hybridized carbons (Fsp3) is 0.600. The Morgan fingerprint density at radius 1 is 1.37 bits per heavy atom. The first-order valence-corrected chi connectivity index (χ1v) is 6.81. The first kappa shape index (κ1) is 14.3. The number of benzene rings is 1. The number of anilines is 1. The van der Waals surface area contributed by atoms with Crippen molar-refractivity contribution in [1.82, 2.24) is 4.90 Å². The Labute approximate surface area is 115 Å². The standard InChI is InChI=1S/C15H24N2O2/c1-11-4-5-15(12(6-11)10-18)17-9-14(19)7-13(17)8-16(2)3/h4-6,13-14,18-19H,7-10H2,1-3H3. The summed E-state index contributed by atoms with van der Waals surface area (Å²) in [6.07, 6.45) is 0.509. The summed E-state index contributed by atoms with van der Waals surface area (Å²) >= 11 is 0. The predicted molar refractivity (Wildman–Crippen MR) is 77.4 cm³/mol. The molecule has 0 radical (unpaired) electrons. The number of aliphatic hydroxyl groups is 2. The topological polar surface area (TPSA) is 46.9 Å². The first-order valence-electron chi connectivity index (χ1n) is 6.81. The van der Waals surface area contributed by atoms with Crippen LogP contribution < -0.4 is 4.90 Å². The summed E-state index contributed by atoms with van der Waals surface area (Å²) in [4.78, 5) is 4.37. The van der Waals surface area contributed by atoms with Gasteiger partial charge < -0.3 is 20.0 Å². The number of likely N-dealkylation sites (N-methyl/N-ethyl adjacent to an activating group) is 1. The Balaban J connectivity index is 2.28. The van der Waals surface area contributed by atoms with Crippen LogP contribution in [0.25, 0.3) is 0 Å². The van der Waals surface area contributed by atoms with Crippen LogP contribution in [0.15, 0.2) is 18.2 Å². The van der Waals surface area contributed by atoms with Gasteiger partial charge in [0.1, 0.15) is 0 Å². The summed E-state index contributed by atoms with van der Waals surface area (Å²) < 4.78 is 0. The van der Waals surface area contributed by atoms with Gasteiger partial charge in [-0.25, -0.2) is 0 Å². The summed E-state index contributed by atoms with van der Waals surface area (Å²) in [5, 5.41) is 19.5. The third-order valence-corrected chi connectivity index (χ3v) is 3.68. The zero-order valence-corrected chi connectivity index (χ0v) is 12.0. The smallest absolute Gasteiger partial charge is 0.0735 e. The molecule has 106 valence electrons. The molecule has 0 aliphatic carbocycles. The van der Waals surface area contributed by atoms with E-state index in [1.54, 1.807) is 0 Å². The fourth-order valence-corrected chi connectivity index (χ4v) is 2.90. The minimum atomic E-state index is -0.280. The molecule has 4 nitrogen and oxygen atoms in total. The zero-order chi connectivity index (χ0) is 14.0. The van der Waals surface area contributed by atoms with Gasteiger partial charge in [0.2, 0.25) is 0 Å². The number of aryl methyl sites for hydroxylation is 1. The maximum Gasteiger partial charge on any atom is 0.0735 e. The van der Waals surface area contributed by atoms with E-state index in [-0.39, 0.29) is 12.7 Å². The van der Waals surface area contributed by atoms with Gasteiger partial charge in [0.15, 0.2) is 0 Å². The lowest BCUT2D eigenvalue weighted by atomic mass is 10.1. The Morgan fingerprint density at radius 3 is 2.74 bits per heavy atom. The van der Waals surface area contributed by atoms with Crippen molar-refractivity contribution in [3.05, 3.63) is 29.3 Å². The van der Waals surface area contributed by atoms with Crippen LogP contribution in [0, 0.1) is 6.92 Å². The van der Waals surface area contributed by atoms with Gasteiger partial charge in [-0.3, -0.25) is 0 Å². The van der Waals surface area contributed by atoms with Crippen LogP contribution in [0.4, 0.5) is 5.69 Å². The molecular formula is C15H24N2O2. The van der Waals surface area contributed by atoms with Gasteiger partial charge in [-0.15, -0.1) is 0 Å². The van der Waals surface area contributed by atoms with Crippen LogP contribution in [0.2, 0.25) is 0 Å². The second kappa shape index (κ2) is 5.90. The summed E-state index contributed by atoms with van der Waals surface area (Å²) in [5.41, 5.74) is 3.14. The highest BCUT2D eigenvalue weighted by Crippen LogP contribution is 2.30. The predicted octanol–water partition coefficient (Wildman–Crippen LogP) is 0.989. The molecule has 1 fully saturated rings. The van der Waals surface area contributed by atoms with E-state index in [2.05, 4.69) is 21.9 Å². The van der Waals surface area contributed by atoms with Gasteiger partial charge in [-0.2, -0.15) is 0 Å². The molecule has 1 aromatic rings. The molecule has 2 unspecified atom stereocenters. The van der Waals surface area contributed by atoms with E-state index in [1.807, 2.05) is 27.1 Å². The van der Waals surface area contributed by atoms with Crippen molar-refractivity contribution < 1.29 is 10.2 Å². The molecule has 0 aromatic heterocycles. The van der Waals surface area contributed by atoms with E-state index in [9.17, 15) is 10.2 Å². The second-order valence-electron chi connectivity index (χ2n) is 5.75. The normalized spacial score (nSPS) is 23.4. The van der Waals surface area contributed by atoms with Crippen molar-refractivity contribution in [1.29, 1.82) is 0 Å². The Hall–Kier alpha value is -1.10. The summed E-state index contributed by atoms with van der Waals surface area (Å²) in [6, 6.07) is 6.44. The van der Waals surface area contributed by atoms with Crippen molar-refractivity contribution in [2.24, 2.45) is 0 Å². The molecule has 2 rings (SSSR count). The van der Waals surface area contributed by atoms with Crippen LogP contribution in [0.5, 0.6) is 0 Å². The van der Waals surface area contributed by atoms with Gasteiger partial charge in [-0.05, 0) is 33.5 Å². The van der Waals surface area contributed by atoms with Crippen LogP contribution in [-0.2, 0) is 6.61 Å². The molecule has 4 heteroatoms. The Morgan fingerprint density at radius 2 is 2.11 bits per heavy atom. The van der Waals surface area contributed by atoms with Crippen molar-refractivity contribution in [3.8, 4) is 0 Å². The molecule has 1 aromatic carbocycles. The van der Waals surface area contributed by atoms with E-state index in [0.717, 1.165) is 29.8 Å². The lowest BCUT2D eigenvalue weighted by molar-refractivity contribution is 0.191. The number of rotatable bonds is 4. The van der Waals surface area contributed by atoms with Gasteiger partial charge in [0, 0.05) is 30.4 Å². The minimum Gasteiger partial charge on any atom is -0.392 e. The highest BCUT2D eigenvalue weighted by atomic mass is 16.3. The van der Waals surface area contributed by atoms with Gasteiger partial charge in [0.25, 0.3) is 0 Å². The molecular weight excluding hydrogens is 240 g/mol. The molecule has 1 aliphatic rings. The molecule has 0 amide bonds. The van der Waals surface area contributed by atoms with Gasteiger partial charge in [-0.1, -0.05) is 17.7 Å². The Bertz CT molecular complexity index is 434. The van der Waals surface area contributed by atoms with Gasteiger partial charge in [0.05, 0.1) is 12.7 Å². The van der Waals surface area contributed by atoms with Gasteiger partial charge >= 0.3 is 0 Å². The summed E-state index contributed by atoms with van der Waals surface area (Å²) in [7, 11) is 4.09. The minimum absolute atomic E-state index is 0.0400. The average Bonchev–Trinajstić information content (AvgIpc) is 2.69. The van der Waals surface area contributed by atoms with Crippen molar-refractivity contribution in [2.75, 3.05) is 32.1 Å². The van der Waals surface area contributed by atoms with E-state index < -0.39 is 0 Å². The third-order valence-electron chi connectivity index (χ3n) is 3.68. The number of β-amino-alcohol motifs (C(OH)–C–C–N with tert-alkyl or cyclic N) is 1. The molecule has 1 heterocycles. The molecule has 2 atom stereocenters. The molecule has 1 aliphatic heterocycles. The lowest BCUT2D eigenvalue weighted by Crippen LogP contribution is -2.38. The highest BCUT2D eigenvalue weighted by molar-refractivity contribution is 5.56. The largest absolute Gasteiger partial charge is 0.392 e. The Kier molecular flexibility index (Phi) is 4.45. The van der Waals surface area contributed by atoms with E-state index in [4.69, 9.17) is 0 Å². The maximum atomic E-state index is 9.94. The summed E-state index contributed by atoms with van der Waals surface area (Å²) in [6.45, 7) is 3.63. The average molecular weight is 264 g/mol. The molecule has 0 saturated carbocycles. The van der Waals surface area contributed by atoms with Crippen molar-refractivity contribution in [3.63, 3.8) is 0 Å². The lowest BCUT2D eigenvalue weighted by Gasteiger charge is -2.30.